The summed E-state index contributed by atoms with van der Waals surface area (Å²) in [7, 11) is 0. The second-order valence-electron chi connectivity index (χ2n) is 5.91. The molecule has 1 aliphatic heterocycles. The number of hydrogen-bond acceptors (Lipinski definition) is 7. The standard InChI is InChI=1S/C17H24N4O3S/c1-3-24-16-13-12(2)14(25-17(13)20-11-19-16)15(22)18-5-4-6-21-7-9-23-10-8-21/h11H,3-10H2,1-2H3,(H,18,22). The molecule has 0 bridgehead atoms. The number of nitrogens with one attached hydrogen (secondary N) is 1. The number of aryl methyl sites for hydroxylation is 1. The van der Waals surface area contributed by atoms with Crippen molar-refractivity contribution in [2.75, 3.05) is 46.0 Å². The smallest absolute Gasteiger partial charge is 0.261 e. The molecular weight excluding hydrogens is 340 g/mol. The summed E-state index contributed by atoms with van der Waals surface area (Å²) in [6, 6.07) is 0. The van der Waals surface area contributed by atoms with Gasteiger partial charge >= 0.3 is 0 Å². The Morgan fingerprint density at radius 3 is 2.96 bits per heavy atom. The number of fused-ring (bicyclic) bond motifs is 1. The molecule has 1 fully saturated rings. The lowest BCUT2D eigenvalue weighted by Crippen LogP contribution is -2.38. The van der Waals surface area contributed by atoms with E-state index in [9.17, 15) is 4.79 Å². The predicted molar refractivity (Wildman–Crippen MR) is 97.5 cm³/mol. The van der Waals surface area contributed by atoms with Crippen molar-refractivity contribution in [2.24, 2.45) is 0 Å². The van der Waals surface area contributed by atoms with Crippen LogP contribution in [0.25, 0.3) is 10.2 Å². The first-order valence-electron chi connectivity index (χ1n) is 8.66. The van der Waals surface area contributed by atoms with Crippen LogP contribution in [-0.2, 0) is 4.74 Å². The Kier molecular flexibility index (Phi) is 6.17. The minimum atomic E-state index is -0.0510. The van der Waals surface area contributed by atoms with Gasteiger partial charge in [-0.2, -0.15) is 0 Å². The molecule has 0 atom stereocenters. The highest BCUT2D eigenvalue weighted by Crippen LogP contribution is 2.34. The zero-order valence-corrected chi connectivity index (χ0v) is 15.5. The number of thiophene rings is 1. The molecule has 1 saturated heterocycles. The number of hydrogen-bond donors (Lipinski definition) is 1. The summed E-state index contributed by atoms with van der Waals surface area (Å²) in [6.07, 6.45) is 2.41. The fraction of sp³-hybridized carbons (Fsp3) is 0.588. The molecule has 0 saturated carbocycles. The van der Waals surface area contributed by atoms with Crippen LogP contribution >= 0.6 is 11.3 Å². The van der Waals surface area contributed by atoms with E-state index >= 15 is 0 Å². The zero-order chi connectivity index (χ0) is 17.6. The van der Waals surface area contributed by atoms with Gasteiger partial charge in [0.2, 0.25) is 5.88 Å². The number of carbonyl (C=O) groups is 1. The van der Waals surface area contributed by atoms with Crippen LogP contribution in [0.2, 0.25) is 0 Å². The Balaban J connectivity index is 1.60. The van der Waals surface area contributed by atoms with E-state index in [0.29, 0.717) is 23.9 Å². The molecule has 0 aliphatic carbocycles. The molecule has 25 heavy (non-hydrogen) atoms. The molecule has 0 unspecified atom stereocenters. The van der Waals surface area contributed by atoms with E-state index in [1.54, 1.807) is 0 Å². The lowest BCUT2D eigenvalue weighted by molar-refractivity contribution is 0.0374. The van der Waals surface area contributed by atoms with E-state index in [2.05, 4.69) is 20.2 Å². The summed E-state index contributed by atoms with van der Waals surface area (Å²) in [6.45, 7) is 9.57. The Morgan fingerprint density at radius 2 is 2.20 bits per heavy atom. The van der Waals surface area contributed by atoms with Crippen molar-refractivity contribution in [3.63, 3.8) is 0 Å². The minimum absolute atomic E-state index is 0.0510. The van der Waals surface area contributed by atoms with E-state index in [1.807, 2.05) is 13.8 Å². The molecule has 2 aromatic rings. The van der Waals surface area contributed by atoms with Gasteiger partial charge in [-0.1, -0.05) is 0 Å². The predicted octanol–water partition coefficient (Wildman–Crippen LogP) is 1.85. The highest BCUT2D eigenvalue weighted by atomic mass is 32.1. The second kappa shape index (κ2) is 8.55. The van der Waals surface area contributed by atoms with Crippen LogP contribution in [0, 0.1) is 6.92 Å². The monoisotopic (exact) mass is 364 g/mol. The molecule has 8 heteroatoms. The van der Waals surface area contributed by atoms with E-state index in [1.165, 1.54) is 17.7 Å². The van der Waals surface area contributed by atoms with Crippen LogP contribution in [0.1, 0.15) is 28.6 Å². The Bertz CT molecular complexity index is 728. The molecule has 1 aliphatic rings. The summed E-state index contributed by atoms with van der Waals surface area (Å²) in [5.41, 5.74) is 0.884. The third-order valence-electron chi connectivity index (χ3n) is 4.22. The molecule has 3 heterocycles. The molecule has 7 nitrogen and oxygen atoms in total. The van der Waals surface area contributed by atoms with Gasteiger partial charge in [-0.3, -0.25) is 9.69 Å². The van der Waals surface area contributed by atoms with Crippen molar-refractivity contribution < 1.29 is 14.3 Å². The molecule has 1 N–H and O–H groups in total. The van der Waals surface area contributed by atoms with Crippen molar-refractivity contribution in [2.45, 2.75) is 20.3 Å². The van der Waals surface area contributed by atoms with Crippen LogP contribution in [0.15, 0.2) is 6.33 Å². The summed E-state index contributed by atoms with van der Waals surface area (Å²) in [5.74, 6) is 0.498. The third kappa shape index (κ3) is 4.26. The van der Waals surface area contributed by atoms with Crippen LogP contribution in [-0.4, -0.2) is 66.8 Å². The first kappa shape index (κ1) is 18.0. The van der Waals surface area contributed by atoms with E-state index in [0.717, 1.165) is 55.0 Å². The van der Waals surface area contributed by atoms with E-state index in [4.69, 9.17) is 9.47 Å². The largest absolute Gasteiger partial charge is 0.477 e. The fourth-order valence-corrected chi connectivity index (χ4v) is 3.97. The number of carbonyl (C=O) groups excluding carboxylic acids is 1. The number of amides is 1. The number of ether oxygens (including phenoxy) is 2. The highest BCUT2D eigenvalue weighted by molar-refractivity contribution is 7.20. The lowest BCUT2D eigenvalue weighted by atomic mass is 10.2. The van der Waals surface area contributed by atoms with E-state index < -0.39 is 0 Å². The van der Waals surface area contributed by atoms with Crippen LogP contribution in [0.4, 0.5) is 0 Å². The topological polar surface area (TPSA) is 76.6 Å². The van der Waals surface area contributed by atoms with Gasteiger partial charge in [0.1, 0.15) is 11.2 Å². The average molecular weight is 364 g/mol. The van der Waals surface area contributed by atoms with E-state index in [-0.39, 0.29) is 5.91 Å². The number of nitrogens with zero attached hydrogens (tertiary/aromatic N) is 3. The average Bonchev–Trinajstić information content (AvgIpc) is 2.98. The van der Waals surface area contributed by atoms with Gasteiger partial charge in [-0.15, -0.1) is 11.3 Å². The van der Waals surface area contributed by atoms with Gasteiger partial charge in [0.25, 0.3) is 5.91 Å². The van der Waals surface area contributed by atoms with Gasteiger partial charge in [0.15, 0.2) is 0 Å². The molecule has 2 aromatic heterocycles. The maximum Gasteiger partial charge on any atom is 0.261 e. The summed E-state index contributed by atoms with van der Waals surface area (Å²) in [5, 5.41) is 3.86. The Morgan fingerprint density at radius 1 is 1.40 bits per heavy atom. The maximum atomic E-state index is 12.5. The molecule has 3 rings (SSSR count). The number of morpholine rings is 1. The zero-order valence-electron chi connectivity index (χ0n) is 14.7. The first-order chi connectivity index (χ1) is 12.2. The van der Waals surface area contributed by atoms with Crippen molar-refractivity contribution in [3.05, 3.63) is 16.8 Å². The molecule has 0 radical (unpaired) electrons. The summed E-state index contributed by atoms with van der Waals surface area (Å²) in [4.78, 5) is 24.8. The van der Waals surface area contributed by atoms with Crippen molar-refractivity contribution >= 4 is 27.5 Å². The summed E-state index contributed by atoms with van der Waals surface area (Å²) < 4.78 is 10.9. The normalized spacial score (nSPS) is 15.4. The molecule has 1 amide bonds. The third-order valence-corrected chi connectivity index (χ3v) is 5.42. The quantitative estimate of drug-likeness (QED) is 0.756. The van der Waals surface area contributed by atoms with Crippen LogP contribution in [0.5, 0.6) is 5.88 Å². The van der Waals surface area contributed by atoms with Crippen molar-refractivity contribution in [1.82, 2.24) is 20.2 Å². The van der Waals surface area contributed by atoms with Crippen LogP contribution < -0.4 is 10.1 Å². The highest BCUT2D eigenvalue weighted by Gasteiger charge is 2.19. The first-order valence-corrected chi connectivity index (χ1v) is 9.47. The van der Waals surface area contributed by atoms with Gasteiger partial charge in [-0.05, 0) is 32.4 Å². The Labute approximate surface area is 151 Å². The maximum absolute atomic E-state index is 12.5. The molecule has 0 spiro atoms. The minimum Gasteiger partial charge on any atom is -0.477 e. The molecular formula is C17H24N4O3S. The van der Waals surface area contributed by atoms with Gasteiger partial charge in [-0.25, -0.2) is 9.97 Å². The van der Waals surface area contributed by atoms with Crippen LogP contribution in [0.3, 0.4) is 0 Å². The summed E-state index contributed by atoms with van der Waals surface area (Å²) >= 11 is 1.39. The fourth-order valence-electron chi connectivity index (χ4n) is 2.91. The Hall–Kier alpha value is -1.77. The lowest BCUT2D eigenvalue weighted by Gasteiger charge is -2.26. The van der Waals surface area contributed by atoms with Crippen molar-refractivity contribution in [3.8, 4) is 5.88 Å². The second-order valence-corrected chi connectivity index (χ2v) is 6.91. The molecule has 136 valence electrons. The number of rotatable bonds is 7. The van der Waals surface area contributed by atoms with Gasteiger partial charge in [0, 0.05) is 19.6 Å². The SMILES string of the molecule is CCOc1ncnc2sc(C(=O)NCCCN3CCOCC3)c(C)c12. The van der Waals surface area contributed by atoms with Gasteiger partial charge in [0.05, 0.1) is 30.1 Å². The van der Waals surface area contributed by atoms with Crippen molar-refractivity contribution in [1.29, 1.82) is 0 Å². The van der Waals surface area contributed by atoms with Gasteiger partial charge < -0.3 is 14.8 Å². The number of aromatic nitrogens is 2. The molecule has 0 aromatic carbocycles.